The molecular weight excluding hydrogens is 388 g/mol. The Hall–Kier alpha value is -2.68. The molecule has 0 spiro atoms. The maximum absolute atomic E-state index is 12.9. The zero-order valence-corrected chi connectivity index (χ0v) is 17.8. The van der Waals surface area contributed by atoms with Gasteiger partial charge in [-0.1, -0.05) is 32.6 Å². The molecule has 9 nitrogen and oxygen atoms in total. The number of nitro benzene ring substituents is 1. The van der Waals surface area contributed by atoms with Crippen molar-refractivity contribution in [2.75, 3.05) is 32.1 Å². The highest BCUT2D eigenvalue weighted by atomic mass is 16.6. The van der Waals surface area contributed by atoms with E-state index in [0.717, 1.165) is 32.1 Å². The molecule has 1 saturated carbocycles. The summed E-state index contributed by atoms with van der Waals surface area (Å²) in [7, 11) is 1.54. The number of methoxy groups -OCH3 is 1. The van der Waals surface area contributed by atoms with E-state index in [0.29, 0.717) is 38.2 Å². The molecule has 1 fully saturated rings. The third kappa shape index (κ3) is 6.16. The molecule has 1 aromatic carbocycles. The molecule has 0 saturated heterocycles. The predicted molar refractivity (Wildman–Crippen MR) is 115 cm³/mol. The van der Waals surface area contributed by atoms with Crippen molar-refractivity contribution in [3.05, 3.63) is 33.9 Å². The Labute approximate surface area is 177 Å². The molecule has 9 heteroatoms. The molecule has 0 atom stereocenters. The van der Waals surface area contributed by atoms with E-state index in [9.17, 15) is 19.7 Å². The zero-order chi connectivity index (χ0) is 22.0. The van der Waals surface area contributed by atoms with Gasteiger partial charge in [0.05, 0.1) is 11.5 Å². The van der Waals surface area contributed by atoms with Crippen LogP contribution in [0.3, 0.4) is 0 Å². The third-order valence-electron chi connectivity index (χ3n) is 5.39. The summed E-state index contributed by atoms with van der Waals surface area (Å²) < 4.78 is 4.94. The van der Waals surface area contributed by atoms with Gasteiger partial charge in [0, 0.05) is 31.8 Å². The van der Waals surface area contributed by atoms with Crippen molar-refractivity contribution in [3.63, 3.8) is 0 Å². The van der Waals surface area contributed by atoms with Crippen LogP contribution in [-0.2, 0) is 9.53 Å². The number of rotatable bonds is 11. The van der Waals surface area contributed by atoms with Crippen LogP contribution in [0.1, 0.15) is 62.2 Å². The summed E-state index contributed by atoms with van der Waals surface area (Å²) in [6.45, 7) is 3.42. The molecule has 30 heavy (non-hydrogen) atoms. The van der Waals surface area contributed by atoms with Gasteiger partial charge in [-0.3, -0.25) is 19.7 Å². The summed E-state index contributed by atoms with van der Waals surface area (Å²) in [6.07, 6.45) is 5.69. The first kappa shape index (κ1) is 23.6. The van der Waals surface area contributed by atoms with Crippen molar-refractivity contribution in [3.8, 4) is 0 Å². The minimum absolute atomic E-state index is 0.158. The molecular formula is C21H32N4O5. The summed E-state index contributed by atoms with van der Waals surface area (Å²) in [5.74, 6) is -0.648. The number of unbranched alkanes of at least 4 members (excludes halogenated alkanes) is 1. The van der Waals surface area contributed by atoms with E-state index in [1.807, 2.05) is 6.92 Å². The van der Waals surface area contributed by atoms with Crippen LogP contribution in [0, 0.1) is 10.1 Å². The van der Waals surface area contributed by atoms with Gasteiger partial charge in [-0.2, -0.15) is 0 Å². The fourth-order valence-electron chi connectivity index (χ4n) is 3.66. The lowest BCUT2D eigenvalue weighted by atomic mass is 9.80. The molecule has 0 heterocycles. The Balaban J connectivity index is 2.19. The van der Waals surface area contributed by atoms with Crippen LogP contribution in [0.25, 0.3) is 0 Å². The fourth-order valence-corrected chi connectivity index (χ4v) is 3.66. The molecule has 0 aliphatic heterocycles. The summed E-state index contributed by atoms with van der Waals surface area (Å²) in [4.78, 5) is 36.8. The molecule has 2 rings (SSSR count). The molecule has 1 aliphatic rings. The normalized spacial score (nSPS) is 15.3. The van der Waals surface area contributed by atoms with Crippen molar-refractivity contribution >= 4 is 23.2 Å². The van der Waals surface area contributed by atoms with Crippen molar-refractivity contribution in [2.45, 2.75) is 57.4 Å². The van der Waals surface area contributed by atoms with Crippen LogP contribution in [0.2, 0.25) is 0 Å². The van der Waals surface area contributed by atoms with Crippen LogP contribution in [0.15, 0.2) is 18.2 Å². The molecule has 0 unspecified atom stereocenters. The number of hydrogen-bond donors (Lipinski definition) is 3. The Morgan fingerprint density at radius 3 is 2.57 bits per heavy atom. The van der Waals surface area contributed by atoms with Gasteiger partial charge in [-0.05, 0) is 31.4 Å². The molecule has 2 amide bonds. The maximum atomic E-state index is 12.9. The van der Waals surface area contributed by atoms with Gasteiger partial charge in [0.15, 0.2) is 0 Å². The van der Waals surface area contributed by atoms with Crippen LogP contribution in [-0.4, -0.2) is 49.1 Å². The predicted octanol–water partition coefficient (Wildman–Crippen LogP) is 3.00. The molecule has 166 valence electrons. The van der Waals surface area contributed by atoms with Crippen molar-refractivity contribution in [2.24, 2.45) is 0 Å². The van der Waals surface area contributed by atoms with E-state index in [-0.39, 0.29) is 17.2 Å². The van der Waals surface area contributed by atoms with Gasteiger partial charge in [-0.25, -0.2) is 0 Å². The first-order valence-electron chi connectivity index (χ1n) is 10.6. The molecule has 3 N–H and O–H groups in total. The number of nitrogens with one attached hydrogen (secondary N) is 3. The number of anilines is 1. The number of benzene rings is 1. The SMILES string of the molecule is CCCCNC(=O)C1(NC(=O)c2ccc(NCCOC)c([N+](=O)[O-])c2)CCCCC1. The monoisotopic (exact) mass is 420 g/mol. The van der Waals surface area contributed by atoms with E-state index in [1.165, 1.54) is 18.2 Å². The Morgan fingerprint density at radius 2 is 1.93 bits per heavy atom. The lowest BCUT2D eigenvalue weighted by Gasteiger charge is -2.36. The highest BCUT2D eigenvalue weighted by Crippen LogP contribution is 2.30. The van der Waals surface area contributed by atoms with Gasteiger partial charge >= 0.3 is 0 Å². The van der Waals surface area contributed by atoms with Gasteiger partial charge in [-0.15, -0.1) is 0 Å². The minimum atomic E-state index is -0.965. The van der Waals surface area contributed by atoms with Gasteiger partial charge < -0.3 is 20.7 Å². The number of nitro groups is 1. The summed E-state index contributed by atoms with van der Waals surface area (Å²) in [5.41, 5.74) is -0.680. The first-order valence-corrected chi connectivity index (χ1v) is 10.6. The van der Waals surface area contributed by atoms with Gasteiger partial charge in [0.2, 0.25) is 5.91 Å². The van der Waals surface area contributed by atoms with Gasteiger partial charge in [0.25, 0.3) is 11.6 Å². The van der Waals surface area contributed by atoms with E-state index in [2.05, 4.69) is 16.0 Å². The molecule has 1 aliphatic carbocycles. The highest BCUT2D eigenvalue weighted by molar-refractivity contribution is 6.00. The number of nitrogens with zero attached hydrogens (tertiary/aromatic N) is 1. The van der Waals surface area contributed by atoms with Crippen molar-refractivity contribution in [1.29, 1.82) is 0 Å². The topological polar surface area (TPSA) is 123 Å². The Kier molecular flexibility index (Phi) is 9.04. The second-order valence-corrected chi connectivity index (χ2v) is 7.61. The fraction of sp³-hybridized carbons (Fsp3) is 0.619. The van der Waals surface area contributed by atoms with Crippen LogP contribution >= 0.6 is 0 Å². The summed E-state index contributed by atoms with van der Waals surface area (Å²) in [5, 5.41) is 20.2. The zero-order valence-electron chi connectivity index (χ0n) is 17.8. The Morgan fingerprint density at radius 1 is 1.20 bits per heavy atom. The smallest absolute Gasteiger partial charge is 0.293 e. The van der Waals surface area contributed by atoms with E-state index >= 15 is 0 Å². The van der Waals surface area contributed by atoms with Crippen molar-refractivity contribution in [1.82, 2.24) is 10.6 Å². The van der Waals surface area contributed by atoms with Crippen molar-refractivity contribution < 1.29 is 19.2 Å². The standard InChI is InChI=1S/C21H32N4O5/c1-3-4-12-23-20(27)21(10-6-5-7-11-21)24-19(26)16-8-9-17(22-13-14-30-2)18(15-16)25(28)29/h8-9,15,22H,3-7,10-14H2,1-2H3,(H,23,27)(H,24,26). The largest absolute Gasteiger partial charge is 0.383 e. The number of hydrogen-bond acceptors (Lipinski definition) is 6. The quantitative estimate of drug-likeness (QED) is 0.287. The summed E-state index contributed by atoms with van der Waals surface area (Å²) in [6, 6.07) is 4.29. The van der Waals surface area contributed by atoms with Crippen LogP contribution < -0.4 is 16.0 Å². The van der Waals surface area contributed by atoms with E-state index in [4.69, 9.17) is 4.74 Å². The Bertz CT molecular complexity index is 747. The van der Waals surface area contributed by atoms with Crippen LogP contribution in [0.5, 0.6) is 0 Å². The number of carbonyl (C=O) groups is 2. The second-order valence-electron chi connectivity index (χ2n) is 7.61. The van der Waals surface area contributed by atoms with E-state index in [1.54, 1.807) is 7.11 Å². The van der Waals surface area contributed by atoms with E-state index < -0.39 is 16.4 Å². The average Bonchev–Trinajstić information content (AvgIpc) is 2.74. The number of amides is 2. The molecule has 0 radical (unpaired) electrons. The minimum Gasteiger partial charge on any atom is -0.383 e. The lowest BCUT2D eigenvalue weighted by Crippen LogP contribution is -2.59. The maximum Gasteiger partial charge on any atom is 0.293 e. The second kappa shape index (κ2) is 11.5. The average molecular weight is 421 g/mol. The molecule has 0 aromatic heterocycles. The third-order valence-corrected chi connectivity index (χ3v) is 5.39. The first-order chi connectivity index (χ1) is 14.4. The number of ether oxygens (including phenoxy) is 1. The molecule has 0 bridgehead atoms. The highest BCUT2D eigenvalue weighted by Gasteiger charge is 2.41. The lowest BCUT2D eigenvalue weighted by molar-refractivity contribution is -0.384. The van der Waals surface area contributed by atoms with Gasteiger partial charge in [0.1, 0.15) is 11.2 Å². The summed E-state index contributed by atoms with van der Waals surface area (Å²) >= 11 is 0. The van der Waals surface area contributed by atoms with Crippen LogP contribution in [0.4, 0.5) is 11.4 Å². The number of carbonyl (C=O) groups excluding carboxylic acids is 2. The molecule has 1 aromatic rings.